The molecule has 0 aliphatic heterocycles. The molecule has 224 valence electrons. The summed E-state index contributed by atoms with van der Waals surface area (Å²) in [6, 6.07) is 22.2. The molecular weight excluding hydrogens is 551 g/mol. The van der Waals surface area contributed by atoms with Crippen LogP contribution < -0.4 is 5.30 Å². The molecule has 2 atom stereocenters. The van der Waals surface area contributed by atoms with Crippen LogP contribution in [-0.4, -0.2) is 37.0 Å². The first-order chi connectivity index (χ1) is 20.6. The second-order valence-corrected chi connectivity index (χ2v) is 15.9. The van der Waals surface area contributed by atoms with Gasteiger partial charge in [-0.25, -0.2) is 4.68 Å². The van der Waals surface area contributed by atoms with Gasteiger partial charge in [0.15, 0.2) is 0 Å². The molecule has 43 heavy (non-hydrogen) atoms. The van der Waals surface area contributed by atoms with Crippen LogP contribution in [0, 0.1) is 13.8 Å². The Kier molecular flexibility index (Phi) is 8.19. The number of hydrogen-bond donors (Lipinski definition) is 1. The third kappa shape index (κ3) is 5.63. The highest BCUT2D eigenvalue weighted by Gasteiger charge is 2.32. The van der Waals surface area contributed by atoms with Gasteiger partial charge in [-0.15, -0.1) is 0 Å². The van der Waals surface area contributed by atoms with Crippen LogP contribution in [0.3, 0.4) is 0 Å². The number of fused-ring (bicyclic) bond motifs is 1. The van der Waals surface area contributed by atoms with Crippen molar-refractivity contribution in [3.8, 4) is 16.9 Å². The minimum Gasteiger partial charge on any atom is -0.386 e. The molecule has 2 heterocycles. The lowest BCUT2D eigenvalue weighted by molar-refractivity contribution is 0.152. The lowest BCUT2D eigenvalue weighted by Gasteiger charge is -2.28. The van der Waals surface area contributed by atoms with E-state index in [2.05, 4.69) is 56.6 Å². The fraction of sp³-hybridized carbons (Fsp3) is 0.389. The molecule has 1 aliphatic carbocycles. The van der Waals surface area contributed by atoms with E-state index in [4.69, 9.17) is 10.2 Å². The molecule has 6 rings (SSSR count). The van der Waals surface area contributed by atoms with Crippen LogP contribution in [-0.2, 0) is 11.1 Å². The number of benzene rings is 3. The summed E-state index contributed by atoms with van der Waals surface area (Å²) in [5.41, 5.74) is 8.46. The third-order valence-corrected chi connectivity index (χ3v) is 12.5. The predicted molar refractivity (Wildman–Crippen MR) is 177 cm³/mol. The monoisotopic (exact) mass is 594 g/mol. The third-order valence-electron chi connectivity index (χ3n) is 9.33. The van der Waals surface area contributed by atoms with Gasteiger partial charge in [0.2, 0.25) is 0 Å². The van der Waals surface area contributed by atoms with Crippen molar-refractivity contribution in [2.75, 3.05) is 6.66 Å². The summed E-state index contributed by atoms with van der Waals surface area (Å²) >= 11 is 0. The average Bonchev–Trinajstić information content (AvgIpc) is 3.58. The molecule has 1 aliphatic rings. The van der Waals surface area contributed by atoms with Crippen LogP contribution in [0.25, 0.3) is 27.8 Å². The Morgan fingerprint density at radius 2 is 1.70 bits per heavy atom. The van der Waals surface area contributed by atoms with Gasteiger partial charge in [0.25, 0.3) is 0 Å². The summed E-state index contributed by atoms with van der Waals surface area (Å²) in [6.07, 6.45) is 7.16. The van der Waals surface area contributed by atoms with Gasteiger partial charge in [-0.2, -0.15) is 10.2 Å². The van der Waals surface area contributed by atoms with E-state index in [1.54, 1.807) is 0 Å². The predicted octanol–water partition coefficient (Wildman–Crippen LogP) is 8.31. The van der Waals surface area contributed by atoms with E-state index in [9.17, 15) is 9.67 Å². The average molecular weight is 595 g/mol. The van der Waals surface area contributed by atoms with Gasteiger partial charge in [0, 0.05) is 39.4 Å². The largest absolute Gasteiger partial charge is 0.386 e. The summed E-state index contributed by atoms with van der Waals surface area (Å²) in [5.74, 6) is 0.260. The molecule has 0 spiro atoms. The van der Waals surface area contributed by atoms with Gasteiger partial charge in [0.1, 0.15) is 7.14 Å². The molecule has 6 nitrogen and oxygen atoms in total. The summed E-state index contributed by atoms with van der Waals surface area (Å²) in [4.78, 5) is 0. The number of aromatic nitrogens is 4. The van der Waals surface area contributed by atoms with Crippen molar-refractivity contribution in [2.24, 2.45) is 0 Å². The highest BCUT2D eigenvalue weighted by atomic mass is 31.2. The van der Waals surface area contributed by atoms with Crippen molar-refractivity contribution in [1.82, 2.24) is 19.6 Å². The molecule has 0 amide bonds. The summed E-state index contributed by atoms with van der Waals surface area (Å²) in [6.45, 7) is 11.0. The van der Waals surface area contributed by atoms with Gasteiger partial charge in [-0.1, -0.05) is 75.6 Å². The van der Waals surface area contributed by atoms with Crippen molar-refractivity contribution in [1.29, 1.82) is 0 Å². The van der Waals surface area contributed by atoms with E-state index in [1.165, 1.54) is 24.8 Å². The van der Waals surface area contributed by atoms with Crippen LogP contribution >= 0.6 is 7.14 Å². The molecule has 5 aromatic rings. The van der Waals surface area contributed by atoms with Gasteiger partial charge in [-0.05, 0) is 74.7 Å². The highest BCUT2D eigenvalue weighted by molar-refractivity contribution is 7.71. The van der Waals surface area contributed by atoms with E-state index in [1.807, 2.05) is 60.0 Å². The van der Waals surface area contributed by atoms with E-state index in [0.29, 0.717) is 12.2 Å². The number of aliphatic hydroxyl groups excluding tert-OH is 1. The summed E-state index contributed by atoms with van der Waals surface area (Å²) in [7, 11) is -2.45. The molecule has 1 saturated carbocycles. The standard InChI is InChI=1S/C36H43N4O2P/c1-24(2)35-26(4)40(33-20-19-29(21-25(33)3)43(5,42)28-15-10-7-11-16-28)38-36(35)30-17-12-18-32-31(30)22-39(37-32)23-34(41)27-13-8-6-9-14-27/h6,8-9,12-14,17-22,24,28,34,41H,7,10-11,15-16,23H2,1-5H3/t34-,43-/m0/s1. The summed E-state index contributed by atoms with van der Waals surface area (Å²) < 4.78 is 17.9. The first-order valence-electron chi connectivity index (χ1n) is 15.6. The van der Waals surface area contributed by atoms with Gasteiger partial charge in [-0.3, -0.25) is 4.68 Å². The minimum absolute atomic E-state index is 0.260. The van der Waals surface area contributed by atoms with Crippen LogP contribution in [0.15, 0.2) is 72.9 Å². The number of hydrogen-bond acceptors (Lipinski definition) is 4. The zero-order valence-corrected chi connectivity index (χ0v) is 26.9. The maximum Gasteiger partial charge on any atom is 0.115 e. The molecule has 0 unspecified atom stereocenters. The molecule has 0 bridgehead atoms. The van der Waals surface area contributed by atoms with Gasteiger partial charge >= 0.3 is 0 Å². The lowest BCUT2D eigenvalue weighted by atomic mass is 9.95. The van der Waals surface area contributed by atoms with Crippen molar-refractivity contribution in [3.05, 3.63) is 95.3 Å². The Morgan fingerprint density at radius 3 is 2.40 bits per heavy atom. The number of aryl methyl sites for hydroxylation is 1. The quantitative estimate of drug-likeness (QED) is 0.183. The Morgan fingerprint density at radius 1 is 0.953 bits per heavy atom. The van der Waals surface area contributed by atoms with E-state index >= 15 is 0 Å². The van der Waals surface area contributed by atoms with Gasteiger partial charge in [0.05, 0.1) is 29.5 Å². The van der Waals surface area contributed by atoms with E-state index < -0.39 is 13.2 Å². The van der Waals surface area contributed by atoms with Crippen molar-refractivity contribution >= 4 is 23.3 Å². The smallest absolute Gasteiger partial charge is 0.115 e. The number of aliphatic hydroxyl groups is 1. The number of nitrogens with zero attached hydrogens (tertiary/aromatic N) is 4. The van der Waals surface area contributed by atoms with Crippen molar-refractivity contribution in [2.45, 2.75) is 84.0 Å². The van der Waals surface area contributed by atoms with E-state index in [-0.39, 0.29) is 5.92 Å². The van der Waals surface area contributed by atoms with Crippen LogP contribution in [0.1, 0.15) is 80.4 Å². The normalized spacial score (nSPS) is 16.5. The minimum atomic E-state index is -2.45. The molecule has 7 heteroatoms. The SMILES string of the molecule is Cc1cc([P@@](C)(=O)C2CCCCC2)ccc1-n1nc(-c2cccc3nn(C[C@H](O)c4ccccc4)cc23)c(C(C)C)c1C. The zero-order chi connectivity index (χ0) is 30.3. The molecule has 0 radical (unpaired) electrons. The molecule has 1 fully saturated rings. The van der Waals surface area contributed by atoms with E-state index in [0.717, 1.165) is 62.8 Å². The molecule has 1 N–H and O–H groups in total. The first kappa shape index (κ1) is 29.6. The van der Waals surface area contributed by atoms with Crippen LogP contribution in [0.2, 0.25) is 0 Å². The van der Waals surface area contributed by atoms with Crippen molar-refractivity contribution in [3.63, 3.8) is 0 Å². The second kappa shape index (κ2) is 11.9. The molecule has 3 aromatic carbocycles. The highest BCUT2D eigenvalue weighted by Crippen LogP contribution is 2.51. The van der Waals surface area contributed by atoms with Crippen molar-refractivity contribution < 1.29 is 9.67 Å². The Labute approximate surface area is 255 Å². The Hall–Kier alpha value is -3.47. The fourth-order valence-electron chi connectivity index (χ4n) is 6.93. The number of rotatable bonds is 8. The maximum absolute atomic E-state index is 14.0. The molecule has 0 saturated heterocycles. The second-order valence-electron chi connectivity index (χ2n) is 12.7. The fourth-order valence-corrected chi connectivity index (χ4v) is 9.52. The molecule has 2 aromatic heterocycles. The topological polar surface area (TPSA) is 72.9 Å². The molecular formula is C36H43N4O2P. The lowest BCUT2D eigenvalue weighted by Crippen LogP contribution is -2.20. The van der Waals surface area contributed by atoms with Gasteiger partial charge < -0.3 is 9.67 Å². The Balaban J connectivity index is 1.38. The van der Waals surface area contributed by atoms with Crippen LogP contribution in [0.5, 0.6) is 0 Å². The Bertz CT molecular complexity index is 1800. The first-order valence-corrected chi connectivity index (χ1v) is 17.9. The maximum atomic E-state index is 14.0. The summed E-state index contributed by atoms with van der Waals surface area (Å²) in [5, 5.41) is 22.9. The zero-order valence-electron chi connectivity index (χ0n) is 26.0. The van der Waals surface area contributed by atoms with Crippen LogP contribution in [0.4, 0.5) is 0 Å².